The van der Waals surface area contributed by atoms with Crippen molar-refractivity contribution in [2.24, 2.45) is 5.73 Å². The van der Waals surface area contributed by atoms with Crippen molar-refractivity contribution in [3.8, 4) is 0 Å². The fraction of sp³-hybridized carbons (Fsp3) is 0.308. The molecule has 0 aliphatic heterocycles. The Labute approximate surface area is 114 Å². The van der Waals surface area contributed by atoms with Crippen LogP contribution >= 0.6 is 27.3 Å². The molecular formula is C13H15BrN2S. The van der Waals surface area contributed by atoms with Crippen molar-refractivity contribution in [3.05, 3.63) is 50.4 Å². The number of aromatic nitrogens is 1. The summed E-state index contributed by atoms with van der Waals surface area (Å²) in [5.74, 6) is 0. The highest BCUT2D eigenvalue weighted by atomic mass is 79.9. The van der Waals surface area contributed by atoms with Crippen LogP contribution in [0, 0.1) is 6.92 Å². The molecule has 2 nitrogen and oxygen atoms in total. The van der Waals surface area contributed by atoms with Crippen LogP contribution in [-0.2, 0) is 12.0 Å². The second kappa shape index (κ2) is 4.88. The first-order valence-corrected chi connectivity index (χ1v) is 7.10. The van der Waals surface area contributed by atoms with Crippen molar-refractivity contribution < 1.29 is 0 Å². The number of halogens is 1. The molecule has 0 radical (unpaired) electrons. The first-order chi connectivity index (χ1) is 7.97. The molecular weight excluding hydrogens is 296 g/mol. The zero-order valence-electron chi connectivity index (χ0n) is 9.90. The average Bonchev–Trinajstić information content (AvgIpc) is 2.63. The van der Waals surface area contributed by atoms with Gasteiger partial charge in [-0.15, -0.1) is 11.3 Å². The highest BCUT2D eigenvalue weighted by Crippen LogP contribution is 2.26. The Morgan fingerprint density at radius 1 is 1.47 bits per heavy atom. The Morgan fingerprint density at radius 3 is 2.82 bits per heavy atom. The summed E-state index contributed by atoms with van der Waals surface area (Å²) in [6.07, 6.45) is 0.766. The van der Waals surface area contributed by atoms with E-state index in [9.17, 15) is 0 Å². The quantitative estimate of drug-likeness (QED) is 0.940. The van der Waals surface area contributed by atoms with Crippen molar-refractivity contribution >= 4 is 27.3 Å². The Balaban J connectivity index is 2.24. The summed E-state index contributed by atoms with van der Waals surface area (Å²) in [7, 11) is 0. The van der Waals surface area contributed by atoms with E-state index in [1.54, 1.807) is 11.3 Å². The van der Waals surface area contributed by atoms with Gasteiger partial charge in [0.05, 0.1) is 5.01 Å². The molecule has 0 saturated carbocycles. The molecule has 0 aliphatic carbocycles. The van der Waals surface area contributed by atoms with Crippen LogP contribution in [0.2, 0.25) is 0 Å². The third-order valence-corrected chi connectivity index (χ3v) is 4.13. The van der Waals surface area contributed by atoms with Gasteiger partial charge in [-0.25, -0.2) is 4.98 Å². The number of nitrogens with zero attached hydrogens (tertiary/aromatic N) is 1. The van der Waals surface area contributed by atoms with E-state index in [1.165, 1.54) is 0 Å². The van der Waals surface area contributed by atoms with E-state index in [0.717, 1.165) is 27.2 Å². The Hall–Kier alpha value is -0.710. The maximum Gasteiger partial charge on any atom is 0.0949 e. The maximum absolute atomic E-state index is 6.39. The van der Waals surface area contributed by atoms with E-state index in [4.69, 9.17) is 5.73 Å². The van der Waals surface area contributed by atoms with Crippen LogP contribution in [0.25, 0.3) is 0 Å². The van der Waals surface area contributed by atoms with Gasteiger partial charge >= 0.3 is 0 Å². The predicted octanol–water partition coefficient (Wildman–Crippen LogP) is 3.63. The molecule has 0 fully saturated rings. The first-order valence-electron chi connectivity index (χ1n) is 5.43. The van der Waals surface area contributed by atoms with Crippen LogP contribution in [0.5, 0.6) is 0 Å². The second-order valence-corrected chi connectivity index (χ2v) is 6.35. The highest BCUT2D eigenvalue weighted by molar-refractivity contribution is 9.10. The minimum absolute atomic E-state index is 0.381. The van der Waals surface area contributed by atoms with Crippen molar-refractivity contribution in [2.45, 2.75) is 25.8 Å². The second-order valence-electron chi connectivity index (χ2n) is 4.49. The molecule has 0 amide bonds. The van der Waals surface area contributed by atoms with E-state index >= 15 is 0 Å². The van der Waals surface area contributed by atoms with Crippen LogP contribution in [0.15, 0.2) is 34.1 Å². The van der Waals surface area contributed by atoms with Gasteiger partial charge in [-0.1, -0.05) is 28.1 Å². The summed E-state index contributed by atoms with van der Waals surface area (Å²) in [6, 6.07) is 8.15. The maximum atomic E-state index is 6.39. The molecule has 0 bridgehead atoms. The smallest absolute Gasteiger partial charge is 0.0949 e. The van der Waals surface area contributed by atoms with Crippen LogP contribution < -0.4 is 5.73 Å². The van der Waals surface area contributed by atoms with Crippen LogP contribution in [0.4, 0.5) is 0 Å². The van der Waals surface area contributed by atoms with Gasteiger partial charge in [0.15, 0.2) is 0 Å². The number of rotatable bonds is 3. The molecule has 1 atom stereocenters. The Morgan fingerprint density at radius 2 is 2.24 bits per heavy atom. The van der Waals surface area contributed by atoms with Gasteiger partial charge in [-0.05, 0) is 31.5 Å². The van der Waals surface area contributed by atoms with Gasteiger partial charge in [0.1, 0.15) is 0 Å². The average molecular weight is 311 g/mol. The van der Waals surface area contributed by atoms with E-state index in [-0.39, 0.29) is 5.54 Å². The molecule has 2 rings (SSSR count). The lowest BCUT2D eigenvalue weighted by Crippen LogP contribution is -2.35. The predicted molar refractivity (Wildman–Crippen MR) is 76.2 cm³/mol. The fourth-order valence-electron chi connectivity index (χ4n) is 1.74. The molecule has 2 aromatic rings. The summed E-state index contributed by atoms with van der Waals surface area (Å²) < 4.78 is 1.06. The van der Waals surface area contributed by atoms with Crippen LogP contribution in [-0.4, -0.2) is 4.98 Å². The van der Waals surface area contributed by atoms with Gasteiger partial charge in [0, 0.05) is 27.5 Å². The Bertz CT molecular complexity index is 520. The molecule has 17 heavy (non-hydrogen) atoms. The summed E-state index contributed by atoms with van der Waals surface area (Å²) in [5, 5.41) is 3.15. The van der Waals surface area contributed by atoms with Crippen molar-refractivity contribution in [1.29, 1.82) is 0 Å². The molecule has 1 aromatic heterocycles. The SMILES string of the molecule is Cc1csc(CC(C)(N)c2cccc(Br)c2)n1. The van der Waals surface area contributed by atoms with Gasteiger partial charge in [0.25, 0.3) is 0 Å². The summed E-state index contributed by atoms with van der Waals surface area (Å²) in [6.45, 7) is 4.05. The van der Waals surface area contributed by atoms with Gasteiger partial charge < -0.3 is 5.73 Å². The summed E-state index contributed by atoms with van der Waals surface area (Å²) in [5.41, 5.74) is 8.20. The molecule has 1 aromatic carbocycles. The van der Waals surface area contributed by atoms with E-state index < -0.39 is 0 Å². The lowest BCUT2D eigenvalue weighted by Gasteiger charge is -2.24. The molecule has 1 unspecified atom stereocenters. The first kappa shape index (κ1) is 12.7. The topological polar surface area (TPSA) is 38.9 Å². The molecule has 90 valence electrons. The van der Waals surface area contributed by atoms with E-state index in [0.29, 0.717) is 0 Å². The molecule has 0 saturated heterocycles. The number of hydrogen-bond donors (Lipinski definition) is 1. The number of thiazole rings is 1. The zero-order chi connectivity index (χ0) is 12.5. The number of nitrogens with two attached hydrogens (primary N) is 1. The zero-order valence-corrected chi connectivity index (χ0v) is 12.3. The van der Waals surface area contributed by atoms with Crippen molar-refractivity contribution in [2.75, 3.05) is 0 Å². The minimum atomic E-state index is -0.381. The van der Waals surface area contributed by atoms with Crippen LogP contribution in [0.3, 0.4) is 0 Å². The molecule has 2 N–H and O–H groups in total. The Kier molecular flexibility index (Phi) is 3.66. The lowest BCUT2D eigenvalue weighted by atomic mass is 9.90. The molecule has 0 aliphatic rings. The van der Waals surface area contributed by atoms with Crippen molar-refractivity contribution in [3.63, 3.8) is 0 Å². The van der Waals surface area contributed by atoms with Gasteiger partial charge in [-0.2, -0.15) is 0 Å². The van der Waals surface area contributed by atoms with Crippen LogP contribution in [0.1, 0.15) is 23.2 Å². The van der Waals surface area contributed by atoms with E-state index in [2.05, 4.69) is 38.4 Å². The highest BCUT2D eigenvalue weighted by Gasteiger charge is 2.23. The number of aryl methyl sites for hydroxylation is 1. The van der Waals surface area contributed by atoms with Gasteiger partial charge in [-0.3, -0.25) is 0 Å². The monoisotopic (exact) mass is 310 g/mol. The molecule has 4 heteroatoms. The lowest BCUT2D eigenvalue weighted by molar-refractivity contribution is 0.490. The van der Waals surface area contributed by atoms with Crippen molar-refractivity contribution in [1.82, 2.24) is 4.98 Å². The summed E-state index contributed by atoms with van der Waals surface area (Å²) >= 11 is 5.15. The van der Waals surface area contributed by atoms with E-state index in [1.807, 2.05) is 26.0 Å². The normalized spacial score (nSPS) is 14.6. The largest absolute Gasteiger partial charge is 0.321 e. The minimum Gasteiger partial charge on any atom is -0.321 e. The third kappa shape index (κ3) is 3.15. The molecule has 0 spiro atoms. The standard InChI is InChI=1S/C13H15BrN2S/c1-9-8-17-12(16-9)7-13(2,15)10-4-3-5-11(14)6-10/h3-6,8H,7,15H2,1-2H3. The number of benzene rings is 1. The molecule has 1 heterocycles. The number of hydrogen-bond acceptors (Lipinski definition) is 3. The van der Waals surface area contributed by atoms with Gasteiger partial charge in [0.2, 0.25) is 0 Å². The fourth-order valence-corrected chi connectivity index (χ4v) is 3.08. The summed E-state index contributed by atoms with van der Waals surface area (Å²) in [4.78, 5) is 4.47. The third-order valence-electron chi connectivity index (χ3n) is 2.67.